The normalized spacial score (nSPS) is 20.4. The van der Waals surface area contributed by atoms with E-state index < -0.39 is 0 Å². The fraction of sp³-hybridized carbons (Fsp3) is 0.714. The lowest BCUT2D eigenvalue weighted by Gasteiger charge is -2.31. The first-order valence-corrected chi connectivity index (χ1v) is 7.12. The van der Waals surface area contributed by atoms with Crippen molar-refractivity contribution in [3.8, 4) is 0 Å². The highest BCUT2D eigenvalue weighted by atomic mass is 16.5. The van der Waals surface area contributed by atoms with Gasteiger partial charge in [0.1, 0.15) is 0 Å². The van der Waals surface area contributed by atoms with Gasteiger partial charge in [0.2, 0.25) is 0 Å². The number of nitrogens with zero attached hydrogens (tertiary/aromatic N) is 3. The molecule has 1 aromatic rings. The standard InChI is InChI=1S/C14H23N3O2/c1-3-17-11-15-8-13(17)10-16-7-5-6-12(9-16)14(18)19-4-2/h8,11-12H,3-7,9-10H2,1-2H3/t12-/m0/s1. The average molecular weight is 265 g/mol. The molecule has 1 aliphatic rings. The SMILES string of the molecule is CCOC(=O)[C@H]1CCCN(Cc2cncn2CC)C1. The Morgan fingerprint density at radius 3 is 3.11 bits per heavy atom. The first-order valence-electron chi connectivity index (χ1n) is 7.12. The number of ether oxygens (including phenoxy) is 1. The van der Waals surface area contributed by atoms with Crippen LogP contribution in [0.25, 0.3) is 0 Å². The van der Waals surface area contributed by atoms with Crippen LogP contribution in [0, 0.1) is 5.92 Å². The third kappa shape index (κ3) is 3.56. The molecule has 0 spiro atoms. The molecule has 5 nitrogen and oxygen atoms in total. The van der Waals surface area contributed by atoms with Crippen molar-refractivity contribution in [2.75, 3.05) is 19.7 Å². The molecular weight excluding hydrogens is 242 g/mol. The van der Waals surface area contributed by atoms with E-state index in [-0.39, 0.29) is 11.9 Å². The Balaban J connectivity index is 1.92. The van der Waals surface area contributed by atoms with Gasteiger partial charge in [0.25, 0.3) is 0 Å². The number of hydrogen-bond acceptors (Lipinski definition) is 4. The van der Waals surface area contributed by atoms with Gasteiger partial charge in [-0.25, -0.2) is 4.98 Å². The number of esters is 1. The van der Waals surface area contributed by atoms with Gasteiger partial charge in [-0.1, -0.05) is 0 Å². The zero-order chi connectivity index (χ0) is 13.7. The predicted molar refractivity (Wildman–Crippen MR) is 72.5 cm³/mol. The van der Waals surface area contributed by atoms with Crippen LogP contribution in [-0.4, -0.2) is 40.1 Å². The molecule has 1 atom stereocenters. The lowest BCUT2D eigenvalue weighted by molar-refractivity contribution is -0.150. The highest BCUT2D eigenvalue weighted by Gasteiger charge is 2.27. The molecule has 19 heavy (non-hydrogen) atoms. The number of carbonyl (C=O) groups is 1. The highest BCUT2D eigenvalue weighted by Crippen LogP contribution is 2.19. The summed E-state index contributed by atoms with van der Waals surface area (Å²) in [6.45, 7) is 8.09. The van der Waals surface area contributed by atoms with E-state index in [4.69, 9.17) is 4.74 Å². The maximum absolute atomic E-state index is 11.8. The fourth-order valence-corrected chi connectivity index (χ4v) is 2.65. The molecule has 1 fully saturated rings. The van der Waals surface area contributed by atoms with Gasteiger partial charge in [0, 0.05) is 25.8 Å². The van der Waals surface area contributed by atoms with E-state index in [9.17, 15) is 4.79 Å². The molecule has 1 aromatic heterocycles. The third-order valence-electron chi connectivity index (χ3n) is 3.65. The highest BCUT2D eigenvalue weighted by molar-refractivity contribution is 5.72. The second kappa shape index (κ2) is 6.70. The first-order chi connectivity index (χ1) is 9.24. The van der Waals surface area contributed by atoms with E-state index in [1.54, 1.807) is 0 Å². The van der Waals surface area contributed by atoms with Gasteiger partial charge >= 0.3 is 5.97 Å². The fourth-order valence-electron chi connectivity index (χ4n) is 2.65. The van der Waals surface area contributed by atoms with Gasteiger partial charge < -0.3 is 9.30 Å². The molecule has 1 saturated heterocycles. The van der Waals surface area contributed by atoms with Crippen LogP contribution in [0.2, 0.25) is 0 Å². The Labute approximate surface area is 114 Å². The molecule has 0 saturated carbocycles. The molecule has 0 aromatic carbocycles. The summed E-state index contributed by atoms with van der Waals surface area (Å²) in [5.41, 5.74) is 1.21. The van der Waals surface area contributed by atoms with E-state index in [1.165, 1.54) is 5.69 Å². The van der Waals surface area contributed by atoms with Crippen LogP contribution in [-0.2, 0) is 22.6 Å². The second-order valence-corrected chi connectivity index (χ2v) is 5.00. The third-order valence-corrected chi connectivity index (χ3v) is 3.65. The summed E-state index contributed by atoms with van der Waals surface area (Å²) in [4.78, 5) is 18.3. The molecule has 106 valence electrons. The van der Waals surface area contributed by atoms with E-state index >= 15 is 0 Å². The summed E-state index contributed by atoms with van der Waals surface area (Å²) in [5.74, 6) is -0.0112. The number of rotatable bonds is 5. The lowest BCUT2D eigenvalue weighted by atomic mass is 9.98. The number of aromatic nitrogens is 2. The molecule has 1 aliphatic heterocycles. The van der Waals surface area contributed by atoms with E-state index in [2.05, 4.69) is 21.4 Å². The molecular formula is C14H23N3O2. The second-order valence-electron chi connectivity index (χ2n) is 5.00. The number of piperidine rings is 1. The Morgan fingerprint density at radius 2 is 2.37 bits per heavy atom. The molecule has 0 aliphatic carbocycles. The van der Waals surface area contributed by atoms with Gasteiger partial charge in [0.05, 0.1) is 24.5 Å². The van der Waals surface area contributed by atoms with Crippen molar-refractivity contribution in [2.45, 2.75) is 39.8 Å². The molecule has 0 radical (unpaired) electrons. The van der Waals surface area contributed by atoms with Gasteiger partial charge in [-0.15, -0.1) is 0 Å². The molecule has 5 heteroatoms. The summed E-state index contributed by atoms with van der Waals surface area (Å²) in [5, 5.41) is 0. The average Bonchev–Trinajstić information content (AvgIpc) is 2.86. The van der Waals surface area contributed by atoms with Gasteiger partial charge in [-0.3, -0.25) is 9.69 Å². The summed E-state index contributed by atoms with van der Waals surface area (Å²) in [6.07, 6.45) is 5.78. The minimum absolute atomic E-state index is 0.0340. The van der Waals surface area contributed by atoms with Crippen molar-refractivity contribution < 1.29 is 9.53 Å². The van der Waals surface area contributed by atoms with Crippen molar-refractivity contribution in [1.29, 1.82) is 0 Å². The van der Waals surface area contributed by atoms with Crippen molar-refractivity contribution in [1.82, 2.24) is 14.5 Å². The van der Waals surface area contributed by atoms with Crippen LogP contribution in [0.3, 0.4) is 0 Å². The van der Waals surface area contributed by atoms with Gasteiger partial charge in [-0.05, 0) is 33.2 Å². The Kier molecular flexibility index (Phi) is 4.96. The lowest BCUT2D eigenvalue weighted by Crippen LogP contribution is -2.39. The molecule has 2 rings (SSSR count). The Bertz CT molecular complexity index is 417. The largest absolute Gasteiger partial charge is 0.466 e. The minimum Gasteiger partial charge on any atom is -0.466 e. The molecule has 2 heterocycles. The van der Waals surface area contributed by atoms with Crippen LogP contribution in [0.4, 0.5) is 0 Å². The van der Waals surface area contributed by atoms with Crippen LogP contribution in [0.15, 0.2) is 12.5 Å². The van der Waals surface area contributed by atoms with E-state index in [0.717, 1.165) is 39.0 Å². The minimum atomic E-state index is -0.0452. The van der Waals surface area contributed by atoms with Crippen LogP contribution < -0.4 is 0 Å². The van der Waals surface area contributed by atoms with Crippen molar-refractivity contribution in [2.24, 2.45) is 5.92 Å². The zero-order valence-electron chi connectivity index (χ0n) is 11.8. The number of carbonyl (C=O) groups excluding carboxylic acids is 1. The van der Waals surface area contributed by atoms with Gasteiger partial charge in [0.15, 0.2) is 0 Å². The number of imidazole rings is 1. The van der Waals surface area contributed by atoms with Crippen LogP contribution in [0.1, 0.15) is 32.4 Å². The predicted octanol–water partition coefficient (Wildman–Crippen LogP) is 1.68. The molecule has 0 bridgehead atoms. The van der Waals surface area contributed by atoms with Gasteiger partial charge in [-0.2, -0.15) is 0 Å². The van der Waals surface area contributed by atoms with E-state index in [1.807, 2.05) is 19.4 Å². The maximum Gasteiger partial charge on any atom is 0.310 e. The van der Waals surface area contributed by atoms with Crippen molar-refractivity contribution >= 4 is 5.97 Å². The zero-order valence-corrected chi connectivity index (χ0v) is 11.8. The molecule has 0 unspecified atom stereocenters. The number of hydrogen-bond donors (Lipinski definition) is 0. The summed E-state index contributed by atoms with van der Waals surface area (Å²) in [6, 6.07) is 0. The van der Waals surface area contributed by atoms with Crippen molar-refractivity contribution in [3.05, 3.63) is 18.2 Å². The summed E-state index contributed by atoms with van der Waals surface area (Å²) < 4.78 is 7.27. The van der Waals surface area contributed by atoms with Crippen molar-refractivity contribution in [3.63, 3.8) is 0 Å². The number of likely N-dealkylation sites (tertiary alicyclic amines) is 1. The monoisotopic (exact) mass is 265 g/mol. The summed E-state index contributed by atoms with van der Waals surface area (Å²) >= 11 is 0. The smallest absolute Gasteiger partial charge is 0.310 e. The topological polar surface area (TPSA) is 47.4 Å². The molecule has 0 N–H and O–H groups in total. The van der Waals surface area contributed by atoms with Crippen LogP contribution in [0.5, 0.6) is 0 Å². The maximum atomic E-state index is 11.8. The number of aryl methyl sites for hydroxylation is 1. The van der Waals surface area contributed by atoms with Crippen LogP contribution >= 0.6 is 0 Å². The first kappa shape index (κ1) is 14.1. The Hall–Kier alpha value is -1.36. The Morgan fingerprint density at radius 1 is 1.53 bits per heavy atom. The molecule has 0 amide bonds. The quantitative estimate of drug-likeness (QED) is 0.760. The van der Waals surface area contributed by atoms with E-state index in [0.29, 0.717) is 6.61 Å². The summed E-state index contributed by atoms with van der Waals surface area (Å²) in [7, 11) is 0.